The van der Waals surface area contributed by atoms with Crippen LogP contribution in [-0.4, -0.2) is 66.1 Å². The number of nitrogens with zero attached hydrogens (tertiary/aromatic N) is 2. The fourth-order valence-corrected chi connectivity index (χ4v) is 3.63. The number of carbonyl (C=O) groups excluding carboxylic acids is 2. The second-order valence-electron chi connectivity index (χ2n) is 6.22. The lowest BCUT2D eigenvalue weighted by Crippen LogP contribution is -2.52. The Morgan fingerprint density at radius 2 is 2.20 bits per heavy atom. The molecule has 2 heterocycles. The summed E-state index contributed by atoms with van der Waals surface area (Å²) in [6.07, 6.45) is 3.87. The molecule has 4 N–H and O–H groups in total. The summed E-state index contributed by atoms with van der Waals surface area (Å²) in [5.41, 5.74) is 6.17. The molecule has 2 aliphatic rings. The lowest BCUT2D eigenvalue weighted by molar-refractivity contribution is -0.125. The van der Waals surface area contributed by atoms with Gasteiger partial charge in [0.25, 0.3) is 0 Å². The van der Waals surface area contributed by atoms with Gasteiger partial charge in [-0.3, -0.25) is 9.35 Å². The number of urea groups is 1. The maximum atomic E-state index is 12.7. The smallest absolute Gasteiger partial charge is 0.351 e. The highest BCUT2D eigenvalue weighted by molar-refractivity contribution is 7.80. The number of carbonyl (C=O) groups is 2. The van der Waals surface area contributed by atoms with E-state index in [-0.39, 0.29) is 18.5 Å². The molecule has 0 saturated carbocycles. The molecular weight excluding hydrogens is 352 g/mol. The summed E-state index contributed by atoms with van der Waals surface area (Å²) in [6, 6.07) is -2.41. The van der Waals surface area contributed by atoms with Crippen LogP contribution in [0, 0.1) is 0 Å². The van der Waals surface area contributed by atoms with Gasteiger partial charge in [0.05, 0.1) is 12.6 Å². The van der Waals surface area contributed by atoms with Crippen LogP contribution in [0.5, 0.6) is 0 Å². The minimum atomic E-state index is -4.83. The van der Waals surface area contributed by atoms with E-state index in [1.54, 1.807) is 13.0 Å². The van der Waals surface area contributed by atoms with Gasteiger partial charge in [-0.25, -0.2) is 4.79 Å². The zero-order valence-corrected chi connectivity index (χ0v) is 15.0. The molecule has 3 amide bonds. The minimum absolute atomic E-state index is 0.0871. The van der Waals surface area contributed by atoms with Crippen molar-refractivity contribution in [1.29, 1.82) is 0 Å². The van der Waals surface area contributed by atoms with Gasteiger partial charge < -0.3 is 16.0 Å². The van der Waals surface area contributed by atoms with Crippen molar-refractivity contribution in [2.45, 2.75) is 51.2 Å². The van der Waals surface area contributed by atoms with E-state index in [9.17, 15) is 18.0 Å². The monoisotopic (exact) mass is 376 g/mol. The predicted molar refractivity (Wildman–Crippen MR) is 88.4 cm³/mol. The molecule has 25 heavy (non-hydrogen) atoms. The summed E-state index contributed by atoms with van der Waals surface area (Å²) < 4.78 is 35.0. The molecule has 0 radical (unpaired) electrons. The van der Waals surface area contributed by atoms with Crippen LogP contribution in [0.4, 0.5) is 4.79 Å². The maximum Gasteiger partial charge on any atom is 0.418 e. The van der Waals surface area contributed by atoms with Crippen molar-refractivity contribution in [3.05, 3.63) is 11.6 Å². The maximum absolute atomic E-state index is 12.7. The number of amides is 3. The molecule has 10 nitrogen and oxygen atoms in total. The van der Waals surface area contributed by atoms with Crippen LogP contribution >= 0.6 is 0 Å². The molecule has 1 fully saturated rings. The van der Waals surface area contributed by atoms with Gasteiger partial charge in [-0.1, -0.05) is 19.4 Å². The van der Waals surface area contributed by atoms with Crippen molar-refractivity contribution in [3.8, 4) is 0 Å². The van der Waals surface area contributed by atoms with E-state index in [4.69, 9.17) is 10.3 Å². The van der Waals surface area contributed by atoms with E-state index >= 15 is 0 Å². The Kier molecular flexibility index (Phi) is 6.03. The fourth-order valence-electron chi connectivity index (χ4n) is 3.25. The Hall–Kier alpha value is -1.69. The Bertz CT molecular complexity index is 658. The van der Waals surface area contributed by atoms with Gasteiger partial charge in [0, 0.05) is 6.04 Å². The normalized spacial score (nSPS) is 24.3. The molecule has 2 bridgehead atoms. The van der Waals surface area contributed by atoms with E-state index in [0.717, 1.165) is 12.8 Å². The van der Waals surface area contributed by atoms with Crippen LogP contribution in [0.25, 0.3) is 0 Å². The molecule has 1 saturated heterocycles. The summed E-state index contributed by atoms with van der Waals surface area (Å²) >= 11 is 0. The van der Waals surface area contributed by atoms with E-state index in [2.05, 4.69) is 9.60 Å². The molecule has 2 aliphatic heterocycles. The molecule has 142 valence electrons. The van der Waals surface area contributed by atoms with Crippen molar-refractivity contribution in [2.24, 2.45) is 5.73 Å². The first-order chi connectivity index (χ1) is 11.7. The quantitative estimate of drug-likeness (QED) is 0.393. The molecule has 2 rings (SSSR count). The van der Waals surface area contributed by atoms with Crippen molar-refractivity contribution in [1.82, 2.24) is 15.3 Å². The van der Waals surface area contributed by atoms with Crippen molar-refractivity contribution in [2.75, 3.05) is 13.1 Å². The summed E-state index contributed by atoms with van der Waals surface area (Å²) in [4.78, 5) is 26.3. The molecule has 11 heteroatoms. The number of hydrogen-bond donors (Lipinski definition) is 3. The summed E-state index contributed by atoms with van der Waals surface area (Å²) in [5, 5.41) is 3.47. The zero-order chi connectivity index (χ0) is 18.8. The number of hydroxylamine groups is 2. The van der Waals surface area contributed by atoms with Crippen LogP contribution in [0.1, 0.15) is 33.1 Å². The number of nitrogens with one attached hydrogen (secondary N) is 1. The van der Waals surface area contributed by atoms with Crippen LogP contribution in [0.2, 0.25) is 0 Å². The summed E-state index contributed by atoms with van der Waals surface area (Å²) in [7, 11) is -4.83. The minimum Gasteiger partial charge on any atom is -0.351 e. The Labute approximate surface area is 146 Å². The molecule has 0 spiro atoms. The molecular formula is C14H24N4O6S. The molecule has 2 unspecified atom stereocenters. The summed E-state index contributed by atoms with van der Waals surface area (Å²) in [5.74, 6) is -0.346. The lowest BCUT2D eigenvalue weighted by atomic mass is 9.99. The average Bonchev–Trinajstić information content (AvgIpc) is 2.72. The lowest BCUT2D eigenvalue weighted by Gasteiger charge is -2.30. The predicted octanol–water partition coefficient (Wildman–Crippen LogP) is -0.211. The van der Waals surface area contributed by atoms with E-state index in [1.165, 1.54) is 4.90 Å². The zero-order valence-electron chi connectivity index (χ0n) is 14.2. The first-order valence-electron chi connectivity index (χ1n) is 8.13. The third-order valence-corrected chi connectivity index (χ3v) is 4.59. The second kappa shape index (κ2) is 7.68. The van der Waals surface area contributed by atoms with Gasteiger partial charge >= 0.3 is 16.4 Å². The van der Waals surface area contributed by atoms with Crippen LogP contribution in [0.3, 0.4) is 0 Å². The first kappa shape index (κ1) is 19.6. The van der Waals surface area contributed by atoms with Gasteiger partial charge in [0.2, 0.25) is 5.91 Å². The average molecular weight is 376 g/mol. The molecule has 3 atom stereocenters. The molecule has 0 aromatic heterocycles. The van der Waals surface area contributed by atoms with Crippen molar-refractivity contribution in [3.63, 3.8) is 0 Å². The van der Waals surface area contributed by atoms with Gasteiger partial charge in [-0.2, -0.15) is 13.5 Å². The largest absolute Gasteiger partial charge is 0.418 e. The van der Waals surface area contributed by atoms with Gasteiger partial charge in [0.15, 0.2) is 0 Å². The highest BCUT2D eigenvalue weighted by Crippen LogP contribution is 2.30. The first-order valence-corrected chi connectivity index (χ1v) is 9.50. The fraction of sp³-hybridized carbons (Fsp3) is 0.714. The molecule has 0 aromatic rings. The van der Waals surface area contributed by atoms with Gasteiger partial charge in [0.1, 0.15) is 6.04 Å². The van der Waals surface area contributed by atoms with Crippen molar-refractivity contribution < 1.29 is 26.8 Å². The van der Waals surface area contributed by atoms with E-state index in [0.29, 0.717) is 23.6 Å². The number of rotatable bonds is 8. The highest BCUT2D eigenvalue weighted by Gasteiger charge is 2.48. The molecule has 0 aromatic carbocycles. The van der Waals surface area contributed by atoms with Crippen LogP contribution < -0.4 is 11.1 Å². The van der Waals surface area contributed by atoms with Crippen molar-refractivity contribution >= 4 is 22.3 Å². The molecule has 0 aliphatic carbocycles. The van der Waals surface area contributed by atoms with Gasteiger partial charge in [-0.05, 0) is 31.9 Å². The standard InChI is InChI=1S/C14H24N4O6S/c1-3-4-10(5-6-15)16-13(19)12-9(2)7-11-8-17(12)14(20)18(11)24-25(21,22)23/h7,10-12H,3-6,8,15H2,1-2H3,(H,16,19)(H,21,22,23)/t10?,11?,12-/m0/s1. The van der Waals surface area contributed by atoms with E-state index < -0.39 is 28.5 Å². The Morgan fingerprint density at radius 3 is 2.76 bits per heavy atom. The number of fused-ring (bicyclic) bond motifs is 2. The third-order valence-electron chi connectivity index (χ3n) is 4.24. The highest BCUT2D eigenvalue weighted by atomic mass is 32.3. The van der Waals surface area contributed by atoms with E-state index in [1.807, 2.05) is 6.92 Å². The Morgan fingerprint density at radius 1 is 1.52 bits per heavy atom. The van der Waals surface area contributed by atoms with Crippen LogP contribution in [0.15, 0.2) is 11.6 Å². The summed E-state index contributed by atoms with van der Waals surface area (Å²) in [6.45, 7) is 4.22. The SMILES string of the molecule is CCCC(CCN)NC(=O)[C@@H]1C(C)=CC2CN1C(=O)N2OS(=O)(=O)O. The number of nitrogens with two attached hydrogens (primary N) is 1. The van der Waals surface area contributed by atoms with Crippen LogP contribution in [-0.2, 0) is 19.5 Å². The Balaban J connectivity index is 2.16. The topological polar surface area (TPSA) is 142 Å². The number of hydrogen-bond acceptors (Lipinski definition) is 6. The van der Waals surface area contributed by atoms with Gasteiger partial charge in [-0.15, -0.1) is 4.28 Å². The second-order valence-corrected chi connectivity index (χ2v) is 7.22. The third kappa shape index (κ3) is 4.48.